The Morgan fingerprint density at radius 2 is 1.73 bits per heavy atom. The first-order chi connectivity index (χ1) is 15.6. The summed E-state index contributed by atoms with van der Waals surface area (Å²) in [6.07, 6.45) is -4.81. The average Bonchev–Trinajstić information content (AvgIpc) is 3.08. The van der Waals surface area contributed by atoms with Crippen LogP contribution in [-0.4, -0.2) is 20.3 Å². The fourth-order valence-electron chi connectivity index (χ4n) is 3.60. The number of halogens is 4. The summed E-state index contributed by atoms with van der Waals surface area (Å²) in [7, 11) is 0. The summed E-state index contributed by atoms with van der Waals surface area (Å²) in [6.45, 7) is 2.61. The lowest BCUT2D eigenvalue weighted by atomic mass is 10.1. The lowest BCUT2D eigenvalue weighted by Gasteiger charge is -2.15. The van der Waals surface area contributed by atoms with Crippen molar-refractivity contribution in [1.29, 1.82) is 0 Å². The maximum Gasteiger partial charge on any atom is 0.417 e. The van der Waals surface area contributed by atoms with Crippen molar-refractivity contribution in [2.75, 3.05) is 5.32 Å². The molecular weight excluding hydrogens is 440 g/mol. The van der Waals surface area contributed by atoms with Crippen LogP contribution in [0.3, 0.4) is 0 Å². The van der Waals surface area contributed by atoms with E-state index in [1.807, 2.05) is 6.92 Å². The number of alkyl halides is 3. The number of amides is 1. The molecule has 0 saturated carbocycles. The fraction of sp³-hybridized carbons (Fsp3) is 0.174. The van der Waals surface area contributed by atoms with Gasteiger partial charge in [-0.3, -0.25) is 14.2 Å². The van der Waals surface area contributed by atoms with Gasteiger partial charge in [-0.2, -0.15) is 18.3 Å². The van der Waals surface area contributed by atoms with Crippen LogP contribution in [0.4, 0.5) is 23.2 Å². The number of carbonyl (C=O) groups excluding carboxylic acids is 1. The number of hydrogen-bond donors (Lipinski definition) is 1. The number of anilines is 1. The summed E-state index contributed by atoms with van der Waals surface area (Å²) in [5, 5.41) is 6.29. The molecule has 0 aliphatic rings. The predicted molar refractivity (Wildman–Crippen MR) is 115 cm³/mol. The summed E-state index contributed by atoms with van der Waals surface area (Å²) >= 11 is 0. The Hall–Kier alpha value is -3.95. The van der Waals surface area contributed by atoms with E-state index in [2.05, 4.69) is 10.4 Å². The zero-order valence-electron chi connectivity index (χ0n) is 17.6. The second kappa shape index (κ2) is 8.19. The van der Waals surface area contributed by atoms with Crippen LogP contribution in [0.15, 0.2) is 59.4 Å². The maximum atomic E-state index is 13.9. The third-order valence-corrected chi connectivity index (χ3v) is 5.13. The van der Waals surface area contributed by atoms with Gasteiger partial charge >= 0.3 is 6.18 Å². The number of benzene rings is 2. The smallest absolute Gasteiger partial charge is 0.322 e. The Kier molecular flexibility index (Phi) is 5.52. The van der Waals surface area contributed by atoms with Crippen molar-refractivity contribution in [3.8, 4) is 5.69 Å². The Bertz CT molecular complexity index is 1420. The van der Waals surface area contributed by atoms with E-state index in [0.29, 0.717) is 11.8 Å². The number of fused-ring (bicyclic) bond motifs is 1. The molecule has 0 aliphatic carbocycles. The minimum Gasteiger partial charge on any atom is -0.322 e. The molecule has 0 bridgehead atoms. The van der Waals surface area contributed by atoms with E-state index in [-0.39, 0.29) is 22.4 Å². The summed E-state index contributed by atoms with van der Waals surface area (Å²) in [6, 6.07) is 12.7. The molecule has 0 aliphatic heterocycles. The van der Waals surface area contributed by atoms with Crippen molar-refractivity contribution < 1.29 is 22.4 Å². The average molecular weight is 458 g/mol. The molecule has 4 rings (SSSR count). The van der Waals surface area contributed by atoms with Gasteiger partial charge in [0.2, 0.25) is 5.91 Å². The first-order valence-electron chi connectivity index (χ1n) is 9.88. The SMILES string of the molecule is Cc1ccc(-n2nc(C)c3c(C(F)(F)F)cc(=O)n(CC(=O)Nc4ccccc4F)c32)cc1. The van der Waals surface area contributed by atoms with Crippen molar-refractivity contribution in [3.05, 3.63) is 87.6 Å². The molecule has 10 heteroatoms. The zero-order chi connectivity index (χ0) is 23.9. The van der Waals surface area contributed by atoms with Gasteiger partial charge in [-0.05, 0) is 38.1 Å². The van der Waals surface area contributed by atoms with Crippen molar-refractivity contribution >= 4 is 22.6 Å². The quantitative estimate of drug-likeness (QED) is 0.455. The molecule has 6 nitrogen and oxygen atoms in total. The number of rotatable bonds is 4. The standard InChI is InChI=1S/C23H18F4N4O2/c1-13-7-9-15(10-8-13)31-22-21(14(2)29-31)16(23(25,26)27)11-20(33)30(22)12-19(32)28-18-6-4-3-5-17(18)24/h3-11H,12H2,1-2H3,(H,28,32). The van der Waals surface area contributed by atoms with E-state index in [4.69, 9.17) is 0 Å². The van der Waals surface area contributed by atoms with Gasteiger partial charge in [0.15, 0.2) is 0 Å². The third kappa shape index (κ3) is 4.23. The largest absolute Gasteiger partial charge is 0.417 e. The van der Waals surface area contributed by atoms with Crippen LogP contribution < -0.4 is 10.9 Å². The van der Waals surface area contributed by atoms with E-state index in [0.717, 1.165) is 16.2 Å². The number of para-hydroxylation sites is 1. The van der Waals surface area contributed by atoms with Gasteiger partial charge in [-0.1, -0.05) is 29.8 Å². The summed E-state index contributed by atoms with van der Waals surface area (Å²) in [5.74, 6) is -1.46. The zero-order valence-corrected chi connectivity index (χ0v) is 17.6. The number of aryl methyl sites for hydroxylation is 2. The molecule has 0 unspecified atom stereocenters. The van der Waals surface area contributed by atoms with Crippen LogP contribution in [0.5, 0.6) is 0 Å². The van der Waals surface area contributed by atoms with Gasteiger partial charge < -0.3 is 5.32 Å². The Balaban J connectivity index is 1.91. The molecule has 170 valence electrons. The van der Waals surface area contributed by atoms with Crippen LogP contribution in [0.25, 0.3) is 16.7 Å². The van der Waals surface area contributed by atoms with Crippen molar-refractivity contribution in [2.24, 2.45) is 0 Å². The van der Waals surface area contributed by atoms with Gasteiger partial charge in [-0.25, -0.2) is 9.07 Å². The van der Waals surface area contributed by atoms with Crippen molar-refractivity contribution in [2.45, 2.75) is 26.6 Å². The molecule has 1 N–H and O–H groups in total. The predicted octanol–water partition coefficient (Wildman–Crippen LogP) is 4.60. The highest BCUT2D eigenvalue weighted by Crippen LogP contribution is 2.36. The van der Waals surface area contributed by atoms with E-state index in [1.54, 1.807) is 24.3 Å². The summed E-state index contributed by atoms with van der Waals surface area (Å²) < 4.78 is 57.3. The third-order valence-electron chi connectivity index (χ3n) is 5.13. The van der Waals surface area contributed by atoms with E-state index < -0.39 is 35.6 Å². The van der Waals surface area contributed by atoms with Gasteiger partial charge in [0, 0.05) is 6.07 Å². The second-order valence-electron chi connectivity index (χ2n) is 7.54. The van der Waals surface area contributed by atoms with Crippen LogP contribution in [0.1, 0.15) is 16.8 Å². The highest BCUT2D eigenvalue weighted by molar-refractivity contribution is 5.92. The Labute approximate surface area is 185 Å². The summed E-state index contributed by atoms with van der Waals surface area (Å²) in [5.41, 5.74) is -1.08. The molecule has 0 radical (unpaired) electrons. The number of aromatic nitrogens is 3. The molecule has 2 aromatic carbocycles. The monoisotopic (exact) mass is 458 g/mol. The minimum absolute atomic E-state index is 0.0427. The van der Waals surface area contributed by atoms with Gasteiger partial charge in [0.25, 0.3) is 5.56 Å². The first-order valence-corrected chi connectivity index (χ1v) is 9.88. The lowest BCUT2D eigenvalue weighted by molar-refractivity contribution is -0.136. The molecule has 33 heavy (non-hydrogen) atoms. The molecule has 1 amide bonds. The highest BCUT2D eigenvalue weighted by Gasteiger charge is 2.36. The number of nitrogens with one attached hydrogen (secondary N) is 1. The van der Waals surface area contributed by atoms with Crippen LogP contribution in [-0.2, 0) is 17.5 Å². The maximum absolute atomic E-state index is 13.9. The molecule has 0 fully saturated rings. The highest BCUT2D eigenvalue weighted by atomic mass is 19.4. The molecule has 0 spiro atoms. The van der Waals surface area contributed by atoms with E-state index in [9.17, 15) is 27.2 Å². The topological polar surface area (TPSA) is 68.9 Å². The Morgan fingerprint density at radius 1 is 1.06 bits per heavy atom. The number of pyridine rings is 1. The van der Waals surface area contributed by atoms with Gasteiger partial charge in [0.1, 0.15) is 18.0 Å². The van der Waals surface area contributed by atoms with Crippen molar-refractivity contribution in [3.63, 3.8) is 0 Å². The molecule has 2 heterocycles. The number of nitrogens with zero attached hydrogens (tertiary/aromatic N) is 3. The molecule has 4 aromatic rings. The van der Waals surface area contributed by atoms with E-state index in [1.165, 1.54) is 29.8 Å². The molecule has 0 saturated heterocycles. The molecule has 0 atom stereocenters. The summed E-state index contributed by atoms with van der Waals surface area (Å²) in [4.78, 5) is 25.4. The minimum atomic E-state index is -4.81. The lowest BCUT2D eigenvalue weighted by Crippen LogP contribution is -2.30. The second-order valence-corrected chi connectivity index (χ2v) is 7.54. The first kappa shape index (κ1) is 22.3. The number of carbonyl (C=O) groups is 1. The normalized spacial score (nSPS) is 11.7. The van der Waals surface area contributed by atoms with E-state index >= 15 is 0 Å². The number of hydrogen-bond acceptors (Lipinski definition) is 3. The molecule has 2 aromatic heterocycles. The van der Waals surface area contributed by atoms with Gasteiger partial charge in [0.05, 0.1) is 28.0 Å². The van der Waals surface area contributed by atoms with Crippen LogP contribution in [0, 0.1) is 19.7 Å². The van der Waals surface area contributed by atoms with Crippen molar-refractivity contribution in [1.82, 2.24) is 14.3 Å². The Morgan fingerprint density at radius 3 is 2.36 bits per heavy atom. The fourth-order valence-corrected chi connectivity index (χ4v) is 3.60. The molecular formula is C23H18F4N4O2. The van der Waals surface area contributed by atoms with Crippen LogP contribution >= 0.6 is 0 Å². The van der Waals surface area contributed by atoms with Crippen LogP contribution in [0.2, 0.25) is 0 Å². The van der Waals surface area contributed by atoms with Gasteiger partial charge in [-0.15, -0.1) is 0 Å².